The number of carbonyl (C=O) groups is 2. The molecule has 1 aliphatic rings. The van der Waals surface area contributed by atoms with Crippen LogP contribution in [-0.4, -0.2) is 49.1 Å². The first-order chi connectivity index (χ1) is 20.3. The van der Waals surface area contributed by atoms with E-state index in [-0.39, 0.29) is 17.9 Å². The van der Waals surface area contributed by atoms with Gasteiger partial charge in [-0.1, -0.05) is 62.4 Å². The number of benzene rings is 3. The van der Waals surface area contributed by atoms with Crippen LogP contribution in [0.2, 0.25) is 0 Å². The predicted octanol–water partition coefficient (Wildman–Crippen LogP) is 6.70. The predicted molar refractivity (Wildman–Crippen MR) is 159 cm³/mol. The van der Waals surface area contributed by atoms with Gasteiger partial charge in [0.15, 0.2) is 34.4 Å². The Balaban J connectivity index is 1.54. The molecule has 0 radical (unpaired) electrons. The minimum Gasteiger partial charge on any atom is -0.503 e. The molecule has 0 bridgehead atoms. The Bertz CT molecular complexity index is 1620. The Hall–Kier alpha value is -4.72. The molecular weight excluding hydrogens is 534 g/mol. The number of hydrogen-bond donors (Lipinski definition) is 1. The van der Waals surface area contributed by atoms with Crippen molar-refractivity contribution in [2.75, 3.05) is 27.4 Å². The van der Waals surface area contributed by atoms with Gasteiger partial charge in [0.1, 0.15) is 0 Å². The van der Waals surface area contributed by atoms with Crippen molar-refractivity contribution in [3.8, 4) is 17.2 Å². The number of para-hydroxylation sites is 1. The lowest BCUT2D eigenvalue weighted by Gasteiger charge is -2.27. The van der Waals surface area contributed by atoms with Crippen LogP contribution in [0.25, 0.3) is 11.0 Å². The van der Waals surface area contributed by atoms with Crippen LogP contribution < -0.4 is 14.2 Å². The fourth-order valence-electron chi connectivity index (χ4n) is 5.18. The molecule has 0 saturated heterocycles. The smallest absolute Gasteiger partial charge is 0.290 e. The van der Waals surface area contributed by atoms with Crippen molar-refractivity contribution < 1.29 is 33.3 Å². The van der Waals surface area contributed by atoms with Crippen molar-refractivity contribution in [1.82, 2.24) is 4.90 Å². The highest BCUT2D eigenvalue weighted by Gasteiger charge is 2.44. The molecule has 1 atom stereocenters. The van der Waals surface area contributed by atoms with Crippen molar-refractivity contribution >= 4 is 22.7 Å². The normalized spacial score (nSPS) is 15.1. The molecule has 0 aliphatic carbocycles. The van der Waals surface area contributed by atoms with E-state index in [9.17, 15) is 14.7 Å². The zero-order valence-corrected chi connectivity index (χ0v) is 24.3. The van der Waals surface area contributed by atoms with E-state index < -0.39 is 23.5 Å². The van der Waals surface area contributed by atoms with Crippen LogP contribution in [0.3, 0.4) is 0 Å². The summed E-state index contributed by atoms with van der Waals surface area (Å²) in [7, 11) is 3.07. The third-order valence-electron chi connectivity index (χ3n) is 7.44. The molecule has 218 valence electrons. The monoisotopic (exact) mass is 569 g/mol. The quantitative estimate of drug-likeness (QED) is 0.190. The number of hydrogen-bond acceptors (Lipinski definition) is 7. The summed E-state index contributed by atoms with van der Waals surface area (Å²) < 4.78 is 22.9. The average molecular weight is 570 g/mol. The number of aliphatic hydroxyl groups is 1. The standard InChI is InChI=1S/C34H35NO7/c1-21(2)16-18-41-25-14-13-23(19-27(25)40-4)30-29(31(36)28-20-24-11-8-12-26(39-3)33(24)42-28)32(37)34(38)35(30)17-15-22-9-6-5-7-10-22/h5-14,19-21,30,37H,15-18H2,1-4H3. The highest BCUT2D eigenvalue weighted by atomic mass is 16.5. The van der Waals surface area contributed by atoms with Crippen molar-refractivity contribution in [2.24, 2.45) is 5.92 Å². The summed E-state index contributed by atoms with van der Waals surface area (Å²) >= 11 is 0. The molecule has 2 heterocycles. The fraction of sp³-hybridized carbons (Fsp3) is 0.294. The van der Waals surface area contributed by atoms with Gasteiger partial charge >= 0.3 is 0 Å². The Kier molecular flexibility index (Phi) is 8.52. The second-order valence-electron chi connectivity index (χ2n) is 10.7. The molecule has 4 aromatic rings. The van der Waals surface area contributed by atoms with E-state index in [1.54, 1.807) is 49.6 Å². The van der Waals surface area contributed by atoms with E-state index >= 15 is 0 Å². The van der Waals surface area contributed by atoms with Crippen LogP contribution in [0.1, 0.15) is 48.0 Å². The summed E-state index contributed by atoms with van der Waals surface area (Å²) in [5.74, 6) is 0.197. The summed E-state index contributed by atoms with van der Waals surface area (Å²) in [5, 5.41) is 11.8. The molecule has 0 saturated carbocycles. The molecule has 5 rings (SSSR count). The molecule has 1 unspecified atom stereocenters. The van der Waals surface area contributed by atoms with Crippen molar-refractivity contribution in [3.05, 3.63) is 101 Å². The molecular formula is C34H35NO7. The molecule has 0 fully saturated rings. The van der Waals surface area contributed by atoms with E-state index in [4.69, 9.17) is 18.6 Å². The maximum absolute atomic E-state index is 14.0. The van der Waals surface area contributed by atoms with E-state index in [1.165, 1.54) is 12.0 Å². The molecule has 3 aromatic carbocycles. The number of carbonyl (C=O) groups excluding carboxylic acids is 2. The van der Waals surface area contributed by atoms with Gasteiger partial charge in [0, 0.05) is 11.9 Å². The van der Waals surface area contributed by atoms with Gasteiger partial charge in [-0.3, -0.25) is 9.59 Å². The number of methoxy groups -OCH3 is 2. The number of ether oxygens (including phenoxy) is 3. The number of fused-ring (bicyclic) bond motifs is 1. The third kappa shape index (κ3) is 5.70. The second kappa shape index (κ2) is 12.4. The molecule has 1 aliphatic heterocycles. The molecule has 1 amide bonds. The van der Waals surface area contributed by atoms with E-state index in [1.807, 2.05) is 30.3 Å². The van der Waals surface area contributed by atoms with E-state index in [0.717, 1.165) is 12.0 Å². The number of aliphatic hydroxyl groups excluding tert-OH is 1. The van der Waals surface area contributed by atoms with Crippen LogP contribution in [0.5, 0.6) is 17.2 Å². The molecule has 0 spiro atoms. The van der Waals surface area contributed by atoms with Gasteiger partial charge in [-0.2, -0.15) is 0 Å². The number of furan rings is 1. The lowest BCUT2D eigenvalue weighted by Crippen LogP contribution is -2.33. The summed E-state index contributed by atoms with van der Waals surface area (Å²) in [6.07, 6.45) is 1.42. The SMILES string of the molecule is COc1cc(C2C(C(=O)c3cc4cccc(OC)c4o3)=C(O)C(=O)N2CCc2ccccc2)ccc1OCCC(C)C. The van der Waals surface area contributed by atoms with Gasteiger partial charge in [0.2, 0.25) is 5.78 Å². The van der Waals surface area contributed by atoms with Gasteiger partial charge < -0.3 is 28.6 Å². The number of Topliss-reactive ketones (excluding diaryl/α,β-unsaturated/α-hetero) is 1. The first-order valence-electron chi connectivity index (χ1n) is 14.0. The van der Waals surface area contributed by atoms with Crippen LogP contribution in [0.15, 0.2) is 88.5 Å². The highest BCUT2D eigenvalue weighted by molar-refractivity contribution is 6.16. The topological polar surface area (TPSA) is 98.4 Å². The molecule has 8 nitrogen and oxygen atoms in total. The zero-order chi connectivity index (χ0) is 29.8. The van der Waals surface area contributed by atoms with Crippen molar-refractivity contribution in [3.63, 3.8) is 0 Å². The summed E-state index contributed by atoms with van der Waals surface area (Å²) in [4.78, 5) is 29.1. The fourth-order valence-corrected chi connectivity index (χ4v) is 5.18. The Morgan fingerprint density at radius 2 is 1.71 bits per heavy atom. The Morgan fingerprint density at radius 3 is 2.43 bits per heavy atom. The van der Waals surface area contributed by atoms with Crippen LogP contribution in [-0.2, 0) is 11.2 Å². The maximum atomic E-state index is 14.0. The minimum atomic E-state index is -0.873. The molecule has 1 N–H and O–H groups in total. The van der Waals surface area contributed by atoms with Gasteiger partial charge in [0.25, 0.3) is 5.91 Å². The lowest BCUT2D eigenvalue weighted by atomic mass is 9.94. The van der Waals surface area contributed by atoms with Gasteiger partial charge in [-0.05, 0) is 54.2 Å². The number of amides is 1. The Morgan fingerprint density at radius 1 is 0.952 bits per heavy atom. The number of nitrogens with zero attached hydrogens (tertiary/aromatic N) is 1. The first kappa shape index (κ1) is 28.8. The lowest BCUT2D eigenvalue weighted by molar-refractivity contribution is -0.129. The van der Waals surface area contributed by atoms with E-state index in [0.29, 0.717) is 52.7 Å². The van der Waals surface area contributed by atoms with Crippen LogP contribution >= 0.6 is 0 Å². The Labute approximate surface area is 245 Å². The third-order valence-corrected chi connectivity index (χ3v) is 7.44. The maximum Gasteiger partial charge on any atom is 0.290 e. The van der Waals surface area contributed by atoms with Gasteiger partial charge in [-0.15, -0.1) is 0 Å². The summed E-state index contributed by atoms with van der Waals surface area (Å²) in [6, 6.07) is 21.1. The first-order valence-corrected chi connectivity index (χ1v) is 14.0. The second-order valence-corrected chi connectivity index (χ2v) is 10.7. The van der Waals surface area contributed by atoms with Crippen molar-refractivity contribution in [1.29, 1.82) is 0 Å². The van der Waals surface area contributed by atoms with Gasteiger partial charge in [0.05, 0.1) is 32.4 Å². The largest absolute Gasteiger partial charge is 0.503 e. The molecule has 8 heteroatoms. The van der Waals surface area contributed by atoms with Crippen LogP contribution in [0.4, 0.5) is 0 Å². The van der Waals surface area contributed by atoms with Crippen molar-refractivity contribution in [2.45, 2.75) is 32.7 Å². The number of ketones is 1. The van der Waals surface area contributed by atoms with Crippen LogP contribution in [0, 0.1) is 5.92 Å². The molecule has 42 heavy (non-hydrogen) atoms. The highest BCUT2D eigenvalue weighted by Crippen LogP contribution is 2.42. The summed E-state index contributed by atoms with van der Waals surface area (Å²) in [6.45, 7) is 5.05. The van der Waals surface area contributed by atoms with E-state index in [2.05, 4.69) is 13.8 Å². The average Bonchev–Trinajstić information content (AvgIpc) is 3.55. The number of rotatable bonds is 12. The molecule has 1 aromatic heterocycles. The summed E-state index contributed by atoms with van der Waals surface area (Å²) in [5.41, 5.74) is 1.99. The minimum absolute atomic E-state index is 0.000590. The zero-order valence-electron chi connectivity index (χ0n) is 24.3. The van der Waals surface area contributed by atoms with Gasteiger partial charge in [-0.25, -0.2) is 0 Å².